The molecule has 1 N–H and O–H groups in total. The van der Waals surface area contributed by atoms with Crippen LogP contribution in [0.4, 0.5) is 0 Å². The molecule has 2 aromatic heterocycles. The topological polar surface area (TPSA) is 54.9 Å². The third-order valence-corrected chi connectivity index (χ3v) is 4.94. The molecule has 2 aromatic rings. The van der Waals surface area contributed by atoms with Crippen LogP contribution in [0.3, 0.4) is 0 Å². The van der Waals surface area contributed by atoms with Crippen molar-refractivity contribution < 1.29 is 4.79 Å². The molecule has 2 saturated heterocycles. The maximum absolute atomic E-state index is 12.5. The lowest BCUT2D eigenvalue weighted by molar-refractivity contribution is 0.0929. The Labute approximate surface area is 131 Å². The lowest BCUT2D eigenvalue weighted by Gasteiger charge is -2.39. The maximum Gasteiger partial charge on any atom is 0.253 e. The van der Waals surface area contributed by atoms with Crippen molar-refractivity contribution >= 4 is 24.1 Å². The molecular weight excluding hydrogens is 273 g/mol. The fourth-order valence-corrected chi connectivity index (χ4v) is 3.73. The summed E-state index contributed by atoms with van der Waals surface area (Å²) in [6.07, 6.45) is 11.1. The second-order valence-electron chi connectivity index (χ2n) is 6.58. The molecule has 2 aliphatic heterocycles. The van der Waals surface area contributed by atoms with Gasteiger partial charge < -0.3 is 5.32 Å². The molecule has 1 radical (unpaired) electrons. The first-order chi connectivity index (χ1) is 10.8. The minimum absolute atomic E-state index is 0.0142. The van der Waals surface area contributed by atoms with Crippen LogP contribution in [0.1, 0.15) is 42.5 Å². The number of hydrogen-bond acceptors (Lipinski definition) is 3. The van der Waals surface area contributed by atoms with Gasteiger partial charge in [0.05, 0.1) is 11.1 Å². The number of pyridine rings is 2. The SMILES string of the molecule is O=C(NC1CCCC2[B]C(C2)C1)c1cnc2ccncc2c1. The largest absolute Gasteiger partial charge is 0.349 e. The zero-order valence-electron chi connectivity index (χ0n) is 12.5. The van der Waals surface area contributed by atoms with Crippen LogP contribution in [0, 0.1) is 0 Å². The van der Waals surface area contributed by atoms with E-state index in [9.17, 15) is 4.79 Å². The van der Waals surface area contributed by atoms with Gasteiger partial charge in [0.2, 0.25) is 0 Å². The summed E-state index contributed by atoms with van der Waals surface area (Å²) >= 11 is 0. The fraction of sp³-hybridized carbons (Fsp3) is 0.471. The average Bonchev–Trinajstić information content (AvgIpc) is 2.47. The van der Waals surface area contributed by atoms with E-state index in [1.165, 1.54) is 19.3 Å². The molecule has 2 bridgehead atoms. The van der Waals surface area contributed by atoms with Gasteiger partial charge in [-0.05, 0) is 25.0 Å². The molecule has 0 spiro atoms. The minimum atomic E-state index is -0.0142. The van der Waals surface area contributed by atoms with Crippen LogP contribution in [0.2, 0.25) is 11.6 Å². The van der Waals surface area contributed by atoms with E-state index in [1.54, 1.807) is 18.6 Å². The van der Waals surface area contributed by atoms with Gasteiger partial charge >= 0.3 is 0 Å². The summed E-state index contributed by atoms with van der Waals surface area (Å²) in [6.45, 7) is 0. The number of nitrogens with one attached hydrogen (secondary N) is 1. The molecule has 5 heteroatoms. The van der Waals surface area contributed by atoms with E-state index in [2.05, 4.69) is 22.6 Å². The van der Waals surface area contributed by atoms with Gasteiger partial charge in [-0.2, -0.15) is 0 Å². The van der Waals surface area contributed by atoms with Crippen LogP contribution in [0.5, 0.6) is 0 Å². The summed E-state index contributed by atoms with van der Waals surface area (Å²) in [7, 11) is 2.47. The zero-order valence-corrected chi connectivity index (χ0v) is 12.5. The molecule has 0 aromatic carbocycles. The summed E-state index contributed by atoms with van der Waals surface area (Å²) in [4.78, 5) is 20.9. The number of hydrogen-bond donors (Lipinski definition) is 1. The van der Waals surface area contributed by atoms with Gasteiger partial charge in [-0.25, -0.2) is 0 Å². The van der Waals surface area contributed by atoms with Crippen LogP contribution >= 0.6 is 0 Å². The van der Waals surface area contributed by atoms with Crippen molar-refractivity contribution in [3.8, 4) is 0 Å². The highest BCUT2D eigenvalue weighted by molar-refractivity contribution is 6.43. The molecule has 3 aliphatic rings. The molecule has 111 valence electrons. The number of carbonyl (C=O) groups excluding carboxylic acids is 1. The van der Waals surface area contributed by atoms with Crippen molar-refractivity contribution in [1.29, 1.82) is 0 Å². The summed E-state index contributed by atoms with van der Waals surface area (Å²) in [5, 5.41) is 4.11. The Kier molecular flexibility index (Phi) is 3.56. The Hall–Kier alpha value is -1.91. The first-order valence-corrected chi connectivity index (χ1v) is 8.13. The number of carbonyl (C=O) groups is 1. The highest BCUT2D eigenvalue weighted by Gasteiger charge is 2.34. The molecule has 3 fully saturated rings. The molecule has 1 saturated carbocycles. The van der Waals surface area contributed by atoms with Gasteiger partial charge in [0.1, 0.15) is 7.28 Å². The lowest BCUT2D eigenvalue weighted by Crippen LogP contribution is -2.40. The Morgan fingerprint density at radius 2 is 2.14 bits per heavy atom. The Morgan fingerprint density at radius 3 is 3.05 bits per heavy atom. The van der Waals surface area contributed by atoms with Crippen LogP contribution in [0.25, 0.3) is 10.9 Å². The van der Waals surface area contributed by atoms with Crippen molar-refractivity contribution in [3.05, 3.63) is 36.3 Å². The highest BCUT2D eigenvalue weighted by Crippen LogP contribution is 2.44. The summed E-state index contributed by atoms with van der Waals surface area (Å²) < 4.78 is 0. The van der Waals surface area contributed by atoms with Crippen molar-refractivity contribution in [1.82, 2.24) is 15.3 Å². The number of aromatic nitrogens is 2. The van der Waals surface area contributed by atoms with Crippen LogP contribution in [-0.2, 0) is 0 Å². The van der Waals surface area contributed by atoms with Crippen LogP contribution < -0.4 is 5.32 Å². The summed E-state index contributed by atoms with van der Waals surface area (Å²) in [5.41, 5.74) is 1.49. The number of nitrogens with zero attached hydrogens (tertiary/aromatic N) is 2. The fourth-order valence-electron chi connectivity index (χ4n) is 3.73. The first-order valence-electron chi connectivity index (χ1n) is 8.13. The predicted molar refractivity (Wildman–Crippen MR) is 87.1 cm³/mol. The molecule has 3 atom stereocenters. The highest BCUT2D eigenvalue weighted by atomic mass is 16.1. The van der Waals surface area contributed by atoms with Gasteiger partial charge in [0, 0.05) is 30.0 Å². The average molecular weight is 292 g/mol. The van der Waals surface area contributed by atoms with Gasteiger partial charge in [0.15, 0.2) is 0 Å². The summed E-state index contributed by atoms with van der Waals surface area (Å²) in [5.74, 6) is 1.54. The molecular formula is C17H19BN3O. The van der Waals surface area contributed by atoms with Crippen LogP contribution in [-0.4, -0.2) is 29.2 Å². The smallest absolute Gasteiger partial charge is 0.253 e. The van der Waals surface area contributed by atoms with E-state index < -0.39 is 0 Å². The first kappa shape index (κ1) is 13.7. The van der Waals surface area contributed by atoms with Gasteiger partial charge in [-0.3, -0.25) is 14.8 Å². The van der Waals surface area contributed by atoms with Crippen molar-refractivity contribution in [2.24, 2.45) is 0 Å². The second kappa shape index (κ2) is 5.71. The molecule has 22 heavy (non-hydrogen) atoms. The van der Waals surface area contributed by atoms with E-state index >= 15 is 0 Å². The maximum atomic E-state index is 12.5. The van der Waals surface area contributed by atoms with E-state index in [0.29, 0.717) is 17.4 Å². The number of rotatable bonds is 2. The molecule has 4 nitrogen and oxygen atoms in total. The normalized spacial score (nSPS) is 27.2. The van der Waals surface area contributed by atoms with Gasteiger partial charge in [0.25, 0.3) is 5.91 Å². The zero-order chi connectivity index (χ0) is 14.9. The molecule has 5 rings (SSSR count). The lowest BCUT2D eigenvalue weighted by atomic mass is 9.38. The molecule has 1 aliphatic carbocycles. The monoisotopic (exact) mass is 292 g/mol. The molecule has 4 heterocycles. The Bertz CT molecular complexity index is 696. The predicted octanol–water partition coefficient (Wildman–Crippen LogP) is 2.99. The number of amides is 1. The quantitative estimate of drug-likeness (QED) is 0.866. The van der Waals surface area contributed by atoms with Crippen molar-refractivity contribution in [2.75, 3.05) is 0 Å². The Morgan fingerprint density at radius 1 is 1.23 bits per heavy atom. The van der Waals surface area contributed by atoms with Gasteiger partial charge in [-0.1, -0.05) is 30.9 Å². The molecule has 3 unspecified atom stereocenters. The Balaban J connectivity index is 1.47. The van der Waals surface area contributed by atoms with Crippen molar-refractivity contribution in [3.63, 3.8) is 0 Å². The third-order valence-electron chi connectivity index (χ3n) is 4.94. The van der Waals surface area contributed by atoms with E-state index in [1.807, 2.05) is 12.1 Å². The minimum Gasteiger partial charge on any atom is -0.349 e. The van der Waals surface area contributed by atoms with Gasteiger partial charge in [-0.15, -0.1) is 0 Å². The van der Waals surface area contributed by atoms with E-state index in [4.69, 9.17) is 0 Å². The number of fused-ring (bicyclic) bond motifs is 5. The third kappa shape index (κ3) is 2.72. The standard InChI is InChI=1S/C17H19BN3O/c22-17(12-6-11-9-19-5-4-16(11)20-10-12)21-15-3-1-2-13-7-14(8-15)18-13/h4-6,9-10,13-15H,1-3,7-8H2,(H,21,22). The summed E-state index contributed by atoms with van der Waals surface area (Å²) in [6, 6.07) is 4.02. The van der Waals surface area contributed by atoms with Crippen molar-refractivity contribution in [2.45, 2.75) is 49.8 Å². The van der Waals surface area contributed by atoms with E-state index in [0.717, 1.165) is 29.6 Å². The second-order valence-corrected chi connectivity index (χ2v) is 6.58. The van der Waals surface area contributed by atoms with E-state index in [-0.39, 0.29) is 5.91 Å². The molecule has 1 amide bonds. The van der Waals surface area contributed by atoms with Crippen LogP contribution in [0.15, 0.2) is 30.7 Å².